The van der Waals surface area contributed by atoms with Crippen molar-refractivity contribution in [2.24, 2.45) is 11.7 Å². The maximum Gasteiger partial charge on any atom is 0.0771 e. The Bertz CT molecular complexity index is 187. The number of rotatable bonds is 5. The van der Waals surface area contributed by atoms with E-state index in [9.17, 15) is 0 Å². The number of unbranched alkanes of at least 4 members (excludes halogenated alkanes) is 1. The number of aliphatic hydroxyl groups is 1. The van der Waals surface area contributed by atoms with Gasteiger partial charge in [-0.05, 0) is 38.8 Å². The molecule has 3 nitrogen and oxygen atoms in total. The Labute approximate surface area is 91.3 Å². The fourth-order valence-corrected chi connectivity index (χ4v) is 2.13. The number of thiocarbonyl (C=S) groups is 1. The van der Waals surface area contributed by atoms with Crippen LogP contribution in [0.15, 0.2) is 0 Å². The first-order chi connectivity index (χ1) is 6.74. The smallest absolute Gasteiger partial charge is 0.0771 e. The Morgan fingerprint density at radius 2 is 2.29 bits per heavy atom. The summed E-state index contributed by atoms with van der Waals surface area (Å²) in [5.41, 5.74) is 5.65. The van der Waals surface area contributed by atoms with Gasteiger partial charge in [0.1, 0.15) is 0 Å². The second-order valence-electron chi connectivity index (χ2n) is 3.97. The average molecular weight is 216 g/mol. The number of nitrogens with zero attached hydrogens (tertiary/aromatic N) is 1. The van der Waals surface area contributed by atoms with Crippen LogP contribution in [0, 0.1) is 5.92 Å². The van der Waals surface area contributed by atoms with Gasteiger partial charge < -0.3 is 15.7 Å². The molecular formula is C10H20N2OS. The Balaban J connectivity index is 2.22. The van der Waals surface area contributed by atoms with Gasteiger partial charge in [-0.3, -0.25) is 0 Å². The minimum absolute atomic E-state index is 0.298. The molecular weight excluding hydrogens is 196 g/mol. The lowest BCUT2D eigenvalue weighted by molar-refractivity contribution is 0.193. The number of aliphatic hydroxyl groups excluding tert-OH is 1. The van der Waals surface area contributed by atoms with Gasteiger partial charge >= 0.3 is 0 Å². The molecule has 1 rings (SSSR count). The standard InChI is InChI=1S/C10H20N2OS/c11-10(14)9-4-3-6-12(8-9)5-1-2-7-13/h9,13H,1-8H2,(H2,11,14). The molecule has 0 bridgehead atoms. The van der Waals surface area contributed by atoms with E-state index in [0.717, 1.165) is 38.9 Å². The summed E-state index contributed by atoms with van der Waals surface area (Å²) in [6.07, 6.45) is 4.31. The molecule has 0 amide bonds. The fraction of sp³-hybridized carbons (Fsp3) is 0.900. The van der Waals surface area contributed by atoms with Crippen LogP contribution >= 0.6 is 12.2 Å². The van der Waals surface area contributed by atoms with Gasteiger partial charge in [-0.25, -0.2) is 0 Å². The van der Waals surface area contributed by atoms with E-state index in [0.29, 0.717) is 17.5 Å². The van der Waals surface area contributed by atoms with Gasteiger partial charge in [0, 0.05) is 19.1 Å². The Hall–Kier alpha value is -0.190. The predicted molar refractivity (Wildman–Crippen MR) is 62.3 cm³/mol. The number of likely N-dealkylation sites (tertiary alicyclic amines) is 1. The fourth-order valence-electron chi connectivity index (χ4n) is 1.94. The van der Waals surface area contributed by atoms with Crippen molar-refractivity contribution in [1.29, 1.82) is 0 Å². The molecule has 0 aromatic rings. The molecule has 1 unspecified atom stereocenters. The van der Waals surface area contributed by atoms with E-state index in [1.165, 1.54) is 6.42 Å². The van der Waals surface area contributed by atoms with Crippen molar-refractivity contribution >= 4 is 17.2 Å². The zero-order valence-corrected chi connectivity index (χ0v) is 9.43. The molecule has 14 heavy (non-hydrogen) atoms. The molecule has 1 fully saturated rings. The monoisotopic (exact) mass is 216 g/mol. The highest BCUT2D eigenvalue weighted by Crippen LogP contribution is 2.16. The topological polar surface area (TPSA) is 49.5 Å². The largest absolute Gasteiger partial charge is 0.396 e. The molecule has 82 valence electrons. The lowest BCUT2D eigenvalue weighted by atomic mass is 9.98. The van der Waals surface area contributed by atoms with E-state index in [1.54, 1.807) is 0 Å². The molecule has 1 atom stereocenters. The zero-order valence-electron chi connectivity index (χ0n) is 8.61. The van der Waals surface area contributed by atoms with Crippen molar-refractivity contribution < 1.29 is 5.11 Å². The van der Waals surface area contributed by atoms with Crippen LogP contribution in [0.4, 0.5) is 0 Å². The third kappa shape index (κ3) is 3.90. The van der Waals surface area contributed by atoms with Gasteiger partial charge in [-0.15, -0.1) is 0 Å². The van der Waals surface area contributed by atoms with Crippen LogP contribution in [0.3, 0.4) is 0 Å². The van der Waals surface area contributed by atoms with Gasteiger partial charge in [0.2, 0.25) is 0 Å². The van der Waals surface area contributed by atoms with Crippen molar-refractivity contribution in [3.63, 3.8) is 0 Å². The Morgan fingerprint density at radius 1 is 1.50 bits per heavy atom. The van der Waals surface area contributed by atoms with Crippen molar-refractivity contribution in [1.82, 2.24) is 4.90 Å². The highest BCUT2D eigenvalue weighted by atomic mass is 32.1. The van der Waals surface area contributed by atoms with E-state index in [2.05, 4.69) is 4.90 Å². The normalized spacial score (nSPS) is 23.6. The summed E-state index contributed by atoms with van der Waals surface area (Å²) in [6.45, 7) is 3.54. The number of hydrogen-bond donors (Lipinski definition) is 2. The van der Waals surface area contributed by atoms with Gasteiger partial charge in [-0.2, -0.15) is 0 Å². The van der Waals surface area contributed by atoms with Crippen LogP contribution < -0.4 is 5.73 Å². The van der Waals surface area contributed by atoms with E-state index >= 15 is 0 Å². The van der Waals surface area contributed by atoms with Crippen LogP contribution in [0.2, 0.25) is 0 Å². The van der Waals surface area contributed by atoms with Crippen LogP contribution in [0.1, 0.15) is 25.7 Å². The summed E-state index contributed by atoms with van der Waals surface area (Å²) in [6, 6.07) is 0. The zero-order chi connectivity index (χ0) is 10.4. The minimum Gasteiger partial charge on any atom is -0.396 e. The van der Waals surface area contributed by atoms with Gasteiger partial charge in [0.25, 0.3) is 0 Å². The molecule has 1 heterocycles. The second-order valence-corrected chi connectivity index (χ2v) is 4.44. The molecule has 0 aliphatic carbocycles. The maximum absolute atomic E-state index is 8.68. The average Bonchev–Trinajstić information content (AvgIpc) is 2.19. The quantitative estimate of drug-likeness (QED) is 0.526. The van der Waals surface area contributed by atoms with E-state index in [1.807, 2.05) is 0 Å². The van der Waals surface area contributed by atoms with E-state index in [-0.39, 0.29) is 0 Å². The molecule has 0 aromatic carbocycles. The van der Waals surface area contributed by atoms with Crippen LogP contribution in [-0.2, 0) is 0 Å². The molecule has 0 aromatic heterocycles. The maximum atomic E-state index is 8.68. The number of piperidine rings is 1. The molecule has 1 aliphatic rings. The number of hydrogen-bond acceptors (Lipinski definition) is 3. The first kappa shape index (κ1) is 11.9. The molecule has 1 aliphatic heterocycles. The highest BCUT2D eigenvalue weighted by molar-refractivity contribution is 7.80. The predicted octanol–water partition coefficient (Wildman–Crippen LogP) is 0.757. The summed E-state index contributed by atoms with van der Waals surface area (Å²) >= 11 is 5.01. The summed E-state index contributed by atoms with van der Waals surface area (Å²) in [5.74, 6) is 0.410. The molecule has 0 spiro atoms. The number of nitrogens with two attached hydrogens (primary N) is 1. The Kier molecular flexibility index (Phi) is 5.37. The van der Waals surface area contributed by atoms with Crippen molar-refractivity contribution in [2.75, 3.05) is 26.2 Å². The SMILES string of the molecule is NC(=S)C1CCCN(CCCCO)C1. The van der Waals surface area contributed by atoms with Crippen LogP contribution in [-0.4, -0.2) is 41.2 Å². The van der Waals surface area contributed by atoms with Crippen molar-refractivity contribution in [3.05, 3.63) is 0 Å². The van der Waals surface area contributed by atoms with E-state index in [4.69, 9.17) is 23.1 Å². The minimum atomic E-state index is 0.298. The van der Waals surface area contributed by atoms with Gasteiger partial charge in [0.05, 0.1) is 4.99 Å². The summed E-state index contributed by atoms with van der Waals surface area (Å²) in [4.78, 5) is 3.07. The summed E-state index contributed by atoms with van der Waals surface area (Å²) < 4.78 is 0. The van der Waals surface area contributed by atoms with Crippen molar-refractivity contribution in [3.8, 4) is 0 Å². The first-order valence-electron chi connectivity index (χ1n) is 5.36. The summed E-state index contributed by atoms with van der Waals surface area (Å²) in [5, 5.41) is 8.68. The molecule has 1 saturated heterocycles. The lowest BCUT2D eigenvalue weighted by Crippen LogP contribution is -2.40. The van der Waals surface area contributed by atoms with Gasteiger partial charge in [-0.1, -0.05) is 12.2 Å². The summed E-state index contributed by atoms with van der Waals surface area (Å²) in [7, 11) is 0. The van der Waals surface area contributed by atoms with Gasteiger partial charge in [0.15, 0.2) is 0 Å². The molecule has 0 saturated carbocycles. The molecule has 3 N–H and O–H groups in total. The van der Waals surface area contributed by atoms with Crippen LogP contribution in [0.25, 0.3) is 0 Å². The first-order valence-corrected chi connectivity index (χ1v) is 5.77. The molecule has 0 radical (unpaired) electrons. The van der Waals surface area contributed by atoms with Crippen LogP contribution in [0.5, 0.6) is 0 Å². The third-order valence-electron chi connectivity index (χ3n) is 2.79. The highest BCUT2D eigenvalue weighted by Gasteiger charge is 2.20. The lowest BCUT2D eigenvalue weighted by Gasteiger charge is -2.32. The second kappa shape index (κ2) is 6.32. The molecule has 4 heteroatoms. The third-order valence-corrected chi connectivity index (χ3v) is 3.12. The Morgan fingerprint density at radius 3 is 2.93 bits per heavy atom. The van der Waals surface area contributed by atoms with Crippen molar-refractivity contribution in [2.45, 2.75) is 25.7 Å². The van der Waals surface area contributed by atoms with E-state index < -0.39 is 0 Å².